The van der Waals surface area contributed by atoms with Crippen LogP contribution in [0.4, 0.5) is 0 Å². The summed E-state index contributed by atoms with van der Waals surface area (Å²) >= 11 is 0. The third-order valence-electron chi connectivity index (χ3n) is 2.69. The average Bonchev–Trinajstić information content (AvgIpc) is 2.76. The molecule has 0 unspecified atom stereocenters. The van der Waals surface area contributed by atoms with Crippen LogP contribution in [-0.2, 0) is 0 Å². The van der Waals surface area contributed by atoms with Crippen molar-refractivity contribution in [3.05, 3.63) is 58.5 Å². The number of nitrogens with one attached hydrogen (secondary N) is 1. The Morgan fingerprint density at radius 3 is 2.82 bits per heavy atom. The summed E-state index contributed by atoms with van der Waals surface area (Å²) in [4.78, 5) is 15.1. The van der Waals surface area contributed by atoms with Crippen LogP contribution in [0, 0.1) is 6.92 Å². The summed E-state index contributed by atoms with van der Waals surface area (Å²) in [6.45, 7) is 1.91. The third kappa shape index (κ3) is 1.63. The lowest BCUT2D eigenvalue weighted by molar-refractivity contribution is 0.836. The van der Waals surface area contributed by atoms with Crippen LogP contribution >= 0.6 is 0 Å². The Balaban J connectivity index is 2.29. The van der Waals surface area contributed by atoms with Crippen molar-refractivity contribution in [2.75, 3.05) is 0 Å². The maximum absolute atomic E-state index is 11.9. The Hall–Kier alpha value is -2.36. The summed E-state index contributed by atoms with van der Waals surface area (Å²) in [7, 11) is 0. The molecule has 1 aromatic carbocycles. The van der Waals surface area contributed by atoms with Crippen LogP contribution in [0.5, 0.6) is 0 Å². The van der Waals surface area contributed by atoms with Gasteiger partial charge in [0.2, 0.25) is 0 Å². The summed E-state index contributed by atoms with van der Waals surface area (Å²) in [5.41, 5.74) is 1.74. The molecule has 0 aliphatic heterocycles. The fourth-order valence-corrected chi connectivity index (χ4v) is 1.86. The van der Waals surface area contributed by atoms with Gasteiger partial charge in [0.1, 0.15) is 5.82 Å². The fourth-order valence-electron chi connectivity index (χ4n) is 1.86. The Bertz CT molecular complexity index is 740. The molecule has 0 bridgehead atoms. The molecule has 1 N–H and O–H groups in total. The van der Waals surface area contributed by atoms with Gasteiger partial charge in [-0.2, -0.15) is 5.10 Å². The van der Waals surface area contributed by atoms with E-state index in [2.05, 4.69) is 10.1 Å². The molecule has 4 nitrogen and oxygen atoms in total. The second-order valence-electron chi connectivity index (χ2n) is 3.97. The molecular weight excluding hydrogens is 214 g/mol. The van der Waals surface area contributed by atoms with Gasteiger partial charge in [-0.1, -0.05) is 12.1 Å². The molecule has 0 aliphatic carbocycles. The smallest absolute Gasteiger partial charge is 0.191 e. The maximum Gasteiger partial charge on any atom is 0.191 e. The van der Waals surface area contributed by atoms with Crippen LogP contribution < -0.4 is 5.43 Å². The van der Waals surface area contributed by atoms with E-state index in [-0.39, 0.29) is 5.43 Å². The molecule has 17 heavy (non-hydrogen) atoms. The minimum absolute atomic E-state index is 0.00232. The summed E-state index contributed by atoms with van der Waals surface area (Å²) in [6.07, 6.45) is 1.83. The Kier molecular flexibility index (Phi) is 2.08. The van der Waals surface area contributed by atoms with Gasteiger partial charge >= 0.3 is 0 Å². The van der Waals surface area contributed by atoms with Gasteiger partial charge in [-0.15, -0.1) is 0 Å². The number of aryl methyl sites for hydroxylation is 1. The first-order valence-electron chi connectivity index (χ1n) is 5.39. The summed E-state index contributed by atoms with van der Waals surface area (Å²) in [6, 6.07) is 10.9. The summed E-state index contributed by atoms with van der Waals surface area (Å²) in [5.74, 6) is 0.682. The number of H-pyrrole nitrogens is 1. The minimum atomic E-state index is 0.00232. The monoisotopic (exact) mass is 225 g/mol. The Morgan fingerprint density at radius 1 is 1.24 bits per heavy atom. The van der Waals surface area contributed by atoms with E-state index >= 15 is 0 Å². The van der Waals surface area contributed by atoms with Crippen molar-refractivity contribution >= 4 is 10.9 Å². The molecule has 0 aliphatic rings. The summed E-state index contributed by atoms with van der Waals surface area (Å²) < 4.78 is 1.67. The van der Waals surface area contributed by atoms with Crippen LogP contribution in [0.3, 0.4) is 0 Å². The number of hydrogen-bond acceptors (Lipinski definition) is 2. The standard InChI is InChI=1S/C13H11N3O/c1-9-6-7-16(15-9)13-8-12(17)10-4-2-3-5-11(10)14-13/h2-8H,1H3,(H,14,17). The van der Waals surface area contributed by atoms with E-state index in [0.29, 0.717) is 11.2 Å². The third-order valence-corrected chi connectivity index (χ3v) is 2.69. The number of para-hydroxylation sites is 1. The first kappa shape index (κ1) is 9.84. The van der Waals surface area contributed by atoms with E-state index in [1.165, 1.54) is 0 Å². The van der Waals surface area contributed by atoms with Crippen LogP contribution in [0.25, 0.3) is 16.7 Å². The minimum Gasteiger partial charge on any atom is -0.339 e. The van der Waals surface area contributed by atoms with Crippen molar-refractivity contribution in [1.82, 2.24) is 14.8 Å². The highest BCUT2D eigenvalue weighted by atomic mass is 16.1. The molecule has 2 aromatic heterocycles. The van der Waals surface area contributed by atoms with Gasteiger partial charge in [0.15, 0.2) is 5.43 Å². The molecule has 3 rings (SSSR count). The molecule has 84 valence electrons. The highest BCUT2D eigenvalue weighted by Gasteiger charge is 2.03. The highest BCUT2D eigenvalue weighted by molar-refractivity contribution is 5.78. The predicted molar refractivity (Wildman–Crippen MR) is 66.4 cm³/mol. The van der Waals surface area contributed by atoms with Gasteiger partial charge < -0.3 is 4.98 Å². The molecule has 0 saturated carbocycles. The predicted octanol–water partition coefficient (Wildman–Crippen LogP) is 2.02. The van der Waals surface area contributed by atoms with Gasteiger partial charge in [-0.25, -0.2) is 4.68 Å². The zero-order valence-corrected chi connectivity index (χ0v) is 9.34. The number of rotatable bonds is 1. The van der Waals surface area contributed by atoms with Crippen molar-refractivity contribution < 1.29 is 0 Å². The molecule has 0 fully saturated rings. The molecule has 0 amide bonds. The molecule has 2 heterocycles. The topological polar surface area (TPSA) is 50.7 Å². The first-order valence-corrected chi connectivity index (χ1v) is 5.39. The van der Waals surface area contributed by atoms with E-state index in [9.17, 15) is 4.79 Å². The van der Waals surface area contributed by atoms with Crippen LogP contribution in [-0.4, -0.2) is 14.8 Å². The average molecular weight is 225 g/mol. The lowest BCUT2D eigenvalue weighted by Gasteiger charge is -2.03. The largest absolute Gasteiger partial charge is 0.339 e. The highest BCUT2D eigenvalue weighted by Crippen LogP contribution is 2.09. The van der Waals surface area contributed by atoms with Crippen molar-refractivity contribution in [2.24, 2.45) is 0 Å². The van der Waals surface area contributed by atoms with Crippen LogP contribution in [0.1, 0.15) is 5.69 Å². The number of fused-ring (bicyclic) bond motifs is 1. The number of aromatic nitrogens is 3. The van der Waals surface area contributed by atoms with E-state index in [1.54, 1.807) is 10.7 Å². The number of nitrogens with zero attached hydrogens (tertiary/aromatic N) is 2. The Labute approximate surface area is 97.5 Å². The van der Waals surface area contributed by atoms with E-state index in [0.717, 1.165) is 11.2 Å². The second kappa shape index (κ2) is 3.59. The van der Waals surface area contributed by atoms with Crippen LogP contribution in [0.2, 0.25) is 0 Å². The maximum atomic E-state index is 11.9. The quantitative estimate of drug-likeness (QED) is 0.688. The summed E-state index contributed by atoms with van der Waals surface area (Å²) in [5, 5.41) is 4.97. The first-order chi connectivity index (χ1) is 8.24. The number of hydrogen-bond donors (Lipinski definition) is 1. The number of benzene rings is 1. The van der Waals surface area contributed by atoms with Gasteiger partial charge in [0.25, 0.3) is 0 Å². The molecular formula is C13H11N3O. The number of aromatic amines is 1. The number of pyridine rings is 1. The SMILES string of the molecule is Cc1ccn(-c2cc(=O)c3ccccc3[nH]2)n1. The van der Waals surface area contributed by atoms with Crippen molar-refractivity contribution in [1.29, 1.82) is 0 Å². The van der Waals surface area contributed by atoms with E-state index < -0.39 is 0 Å². The van der Waals surface area contributed by atoms with Crippen molar-refractivity contribution in [3.63, 3.8) is 0 Å². The van der Waals surface area contributed by atoms with E-state index in [4.69, 9.17) is 0 Å². The van der Waals surface area contributed by atoms with E-state index in [1.807, 2.05) is 43.5 Å². The van der Waals surface area contributed by atoms with Gasteiger partial charge in [0, 0.05) is 17.6 Å². The molecule has 0 spiro atoms. The fraction of sp³-hybridized carbons (Fsp3) is 0.0769. The Morgan fingerprint density at radius 2 is 2.06 bits per heavy atom. The lowest BCUT2D eigenvalue weighted by Crippen LogP contribution is -2.07. The molecule has 0 radical (unpaired) electrons. The molecule has 4 heteroatoms. The van der Waals surface area contributed by atoms with Gasteiger partial charge in [-0.3, -0.25) is 4.79 Å². The zero-order valence-electron chi connectivity index (χ0n) is 9.34. The lowest BCUT2D eigenvalue weighted by atomic mass is 10.2. The molecule has 3 aromatic rings. The zero-order chi connectivity index (χ0) is 11.8. The molecule has 0 saturated heterocycles. The molecule has 0 atom stereocenters. The second-order valence-corrected chi connectivity index (χ2v) is 3.97. The van der Waals surface area contributed by atoms with Crippen molar-refractivity contribution in [2.45, 2.75) is 6.92 Å². The van der Waals surface area contributed by atoms with Gasteiger partial charge in [0.05, 0.1) is 11.2 Å². The van der Waals surface area contributed by atoms with Crippen molar-refractivity contribution in [3.8, 4) is 5.82 Å². The van der Waals surface area contributed by atoms with Crippen LogP contribution in [0.15, 0.2) is 47.4 Å². The van der Waals surface area contributed by atoms with Gasteiger partial charge in [-0.05, 0) is 25.1 Å². The normalized spacial score (nSPS) is 10.9.